The van der Waals surface area contributed by atoms with Crippen molar-refractivity contribution in [2.45, 2.75) is 44.8 Å². The molecule has 1 aliphatic carbocycles. The van der Waals surface area contributed by atoms with E-state index in [0.29, 0.717) is 18.8 Å². The molecule has 3 atom stereocenters. The Labute approximate surface area is 73.9 Å². The van der Waals surface area contributed by atoms with Crippen LogP contribution in [0.2, 0.25) is 0 Å². The van der Waals surface area contributed by atoms with Gasteiger partial charge >= 0.3 is 0 Å². The van der Waals surface area contributed by atoms with Gasteiger partial charge in [0.1, 0.15) is 0 Å². The second-order valence-electron chi connectivity index (χ2n) is 4.19. The van der Waals surface area contributed by atoms with Gasteiger partial charge in [-0.15, -0.1) is 0 Å². The Balaban J connectivity index is 2.58. The third kappa shape index (κ3) is 1.87. The highest BCUT2D eigenvalue weighted by Gasteiger charge is 2.37. The maximum Gasteiger partial charge on any atom is 0.0877 e. The molecule has 2 heteroatoms. The third-order valence-corrected chi connectivity index (χ3v) is 2.92. The molecule has 0 aliphatic heterocycles. The lowest BCUT2D eigenvalue weighted by molar-refractivity contribution is -0.0952. The summed E-state index contributed by atoms with van der Waals surface area (Å²) in [7, 11) is 0. The van der Waals surface area contributed by atoms with Gasteiger partial charge in [-0.25, -0.2) is 0 Å². The molecule has 0 aromatic rings. The summed E-state index contributed by atoms with van der Waals surface area (Å²) in [6.07, 6.45) is 1.68. The molecular formula is C10H18O2. The van der Waals surface area contributed by atoms with Crippen molar-refractivity contribution in [2.75, 3.05) is 0 Å². The SMILES string of the molecule is C=C(C)[C@H]1CC[C@@](C)(O)C(O)C1. The first-order valence-electron chi connectivity index (χ1n) is 4.49. The molecule has 2 N–H and O–H groups in total. The average Bonchev–Trinajstić information content (AvgIpc) is 1.94. The fourth-order valence-corrected chi connectivity index (χ4v) is 1.72. The van der Waals surface area contributed by atoms with Crippen LogP contribution in [-0.2, 0) is 0 Å². The van der Waals surface area contributed by atoms with Crippen LogP contribution in [0.3, 0.4) is 0 Å². The van der Waals surface area contributed by atoms with Gasteiger partial charge in [0.05, 0.1) is 11.7 Å². The number of hydrogen-bond acceptors (Lipinski definition) is 2. The first-order chi connectivity index (χ1) is 5.43. The van der Waals surface area contributed by atoms with Gasteiger partial charge in [-0.3, -0.25) is 0 Å². The van der Waals surface area contributed by atoms with Crippen LogP contribution < -0.4 is 0 Å². The van der Waals surface area contributed by atoms with Crippen LogP contribution in [0.5, 0.6) is 0 Å². The van der Waals surface area contributed by atoms with Gasteiger partial charge in [0.15, 0.2) is 0 Å². The monoisotopic (exact) mass is 170 g/mol. The summed E-state index contributed by atoms with van der Waals surface area (Å²) in [5.74, 6) is 0.389. The maximum absolute atomic E-state index is 9.66. The van der Waals surface area contributed by atoms with E-state index in [1.807, 2.05) is 6.92 Å². The van der Waals surface area contributed by atoms with Gasteiger partial charge in [0.25, 0.3) is 0 Å². The van der Waals surface area contributed by atoms with Gasteiger partial charge in [-0.05, 0) is 39.0 Å². The minimum atomic E-state index is -0.883. The molecule has 0 aromatic heterocycles. The molecule has 0 heterocycles. The molecule has 1 aliphatic rings. The van der Waals surface area contributed by atoms with E-state index in [4.69, 9.17) is 0 Å². The van der Waals surface area contributed by atoms with Crippen LogP contribution in [0, 0.1) is 5.92 Å². The van der Waals surface area contributed by atoms with Gasteiger partial charge in [0, 0.05) is 0 Å². The van der Waals surface area contributed by atoms with Crippen molar-refractivity contribution in [2.24, 2.45) is 5.92 Å². The Morgan fingerprint density at radius 2 is 2.17 bits per heavy atom. The van der Waals surface area contributed by atoms with Gasteiger partial charge in [-0.2, -0.15) is 0 Å². The van der Waals surface area contributed by atoms with E-state index >= 15 is 0 Å². The second kappa shape index (κ2) is 3.19. The quantitative estimate of drug-likeness (QED) is 0.585. The fraction of sp³-hybridized carbons (Fsp3) is 0.800. The summed E-state index contributed by atoms with van der Waals surface area (Å²) in [5, 5.41) is 19.2. The van der Waals surface area contributed by atoms with Gasteiger partial charge in [0.2, 0.25) is 0 Å². The number of hydrogen-bond donors (Lipinski definition) is 2. The summed E-state index contributed by atoms with van der Waals surface area (Å²) < 4.78 is 0. The van der Waals surface area contributed by atoms with Crippen LogP contribution >= 0.6 is 0 Å². The fourth-order valence-electron chi connectivity index (χ4n) is 1.72. The number of rotatable bonds is 1. The molecule has 1 saturated carbocycles. The number of aliphatic hydroxyl groups excluding tert-OH is 1. The molecule has 70 valence electrons. The normalized spacial score (nSPS) is 42.7. The molecule has 1 unspecified atom stereocenters. The van der Waals surface area contributed by atoms with E-state index in [-0.39, 0.29) is 0 Å². The van der Waals surface area contributed by atoms with Crippen LogP contribution in [-0.4, -0.2) is 21.9 Å². The Morgan fingerprint density at radius 1 is 1.58 bits per heavy atom. The second-order valence-corrected chi connectivity index (χ2v) is 4.19. The first kappa shape index (κ1) is 9.75. The lowest BCUT2D eigenvalue weighted by Crippen LogP contribution is -2.44. The van der Waals surface area contributed by atoms with E-state index in [2.05, 4.69) is 6.58 Å². The van der Waals surface area contributed by atoms with Crippen molar-refractivity contribution >= 4 is 0 Å². The van der Waals surface area contributed by atoms with Crippen molar-refractivity contribution in [3.05, 3.63) is 12.2 Å². The highest BCUT2D eigenvalue weighted by atomic mass is 16.3. The summed E-state index contributed by atoms with van der Waals surface area (Å²) in [4.78, 5) is 0. The summed E-state index contributed by atoms with van der Waals surface area (Å²) in [6, 6.07) is 0. The van der Waals surface area contributed by atoms with Crippen molar-refractivity contribution in [3.63, 3.8) is 0 Å². The predicted molar refractivity (Wildman–Crippen MR) is 48.8 cm³/mol. The molecule has 2 nitrogen and oxygen atoms in total. The lowest BCUT2D eigenvalue weighted by atomic mass is 9.75. The van der Waals surface area contributed by atoms with Gasteiger partial charge < -0.3 is 10.2 Å². The predicted octanol–water partition coefficient (Wildman–Crippen LogP) is 1.47. The van der Waals surface area contributed by atoms with Crippen LogP contribution in [0.1, 0.15) is 33.1 Å². The van der Waals surface area contributed by atoms with Crippen molar-refractivity contribution in [3.8, 4) is 0 Å². The minimum absolute atomic E-state index is 0.389. The van der Waals surface area contributed by atoms with Crippen molar-refractivity contribution in [1.82, 2.24) is 0 Å². The van der Waals surface area contributed by atoms with Gasteiger partial charge in [-0.1, -0.05) is 12.2 Å². The molecule has 0 saturated heterocycles. The van der Waals surface area contributed by atoms with Crippen LogP contribution in [0.25, 0.3) is 0 Å². The zero-order valence-corrected chi connectivity index (χ0v) is 7.88. The minimum Gasteiger partial charge on any atom is -0.390 e. The Bertz CT molecular complexity index is 184. The average molecular weight is 170 g/mol. The molecule has 0 amide bonds. The topological polar surface area (TPSA) is 40.5 Å². The van der Waals surface area contributed by atoms with Crippen molar-refractivity contribution in [1.29, 1.82) is 0 Å². The zero-order valence-electron chi connectivity index (χ0n) is 7.88. The Kier molecular flexibility index (Phi) is 2.59. The van der Waals surface area contributed by atoms with Crippen LogP contribution in [0.4, 0.5) is 0 Å². The molecule has 0 aromatic carbocycles. The third-order valence-electron chi connectivity index (χ3n) is 2.92. The van der Waals surface area contributed by atoms with E-state index < -0.39 is 11.7 Å². The van der Waals surface area contributed by atoms with Crippen LogP contribution in [0.15, 0.2) is 12.2 Å². The first-order valence-corrected chi connectivity index (χ1v) is 4.49. The molecule has 0 spiro atoms. The Hall–Kier alpha value is -0.340. The number of allylic oxidation sites excluding steroid dienone is 1. The molecule has 0 bridgehead atoms. The summed E-state index contributed by atoms with van der Waals surface area (Å²) in [6.45, 7) is 7.55. The molecule has 0 radical (unpaired) electrons. The zero-order chi connectivity index (χ0) is 9.35. The summed E-state index contributed by atoms with van der Waals surface area (Å²) >= 11 is 0. The lowest BCUT2D eigenvalue weighted by Gasteiger charge is -2.38. The molecule has 12 heavy (non-hydrogen) atoms. The maximum atomic E-state index is 9.66. The number of aliphatic hydroxyl groups is 2. The molecular weight excluding hydrogens is 152 g/mol. The highest BCUT2D eigenvalue weighted by Crippen LogP contribution is 2.34. The molecule has 1 rings (SSSR count). The van der Waals surface area contributed by atoms with Crippen molar-refractivity contribution < 1.29 is 10.2 Å². The van der Waals surface area contributed by atoms with E-state index in [9.17, 15) is 10.2 Å². The van der Waals surface area contributed by atoms with E-state index in [1.165, 1.54) is 0 Å². The largest absolute Gasteiger partial charge is 0.390 e. The van der Waals surface area contributed by atoms with E-state index in [0.717, 1.165) is 12.0 Å². The standard InChI is InChI=1S/C10H18O2/c1-7(2)8-4-5-10(3,12)9(11)6-8/h8-9,11-12H,1,4-6H2,2-3H3/t8-,9?,10+/m0/s1. The highest BCUT2D eigenvalue weighted by molar-refractivity contribution is 5.02. The summed E-state index contributed by atoms with van der Waals surface area (Å²) in [5.41, 5.74) is 0.232. The Morgan fingerprint density at radius 3 is 2.58 bits per heavy atom. The molecule has 1 fully saturated rings. The van der Waals surface area contributed by atoms with E-state index in [1.54, 1.807) is 6.92 Å². The smallest absolute Gasteiger partial charge is 0.0877 e.